The van der Waals surface area contributed by atoms with Gasteiger partial charge in [0.1, 0.15) is 5.76 Å². The molecule has 0 unspecified atom stereocenters. The van der Waals surface area contributed by atoms with Crippen molar-refractivity contribution in [2.45, 2.75) is 13.0 Å². The molecule has 3 heterocycles. The summed E-state index contributed by atoms with van der Waals surface area (Å²) < 4.78 is 9.55. The smallest absolute Gasteiger partial charge is 0.287 e. The van der Waals surface area contributed by atoms with Crippen molar-refractivity contribution in [1.29, 1.82) is 0 Å². The lowest BCUT2D eigenvalue weighted by Gasteiger charge is -2.03. The molecule has 0 bridgehead atoms. The van der Waals surface area contributed by atoms with Gasteiger partial charge in [0, 0.05) is 17.4 Å². The standard InChI is InChI=1S/C19H16BrN3O2S/c20-14-9-22-23(10-14)11-15-5-6-17(25-15)19(24)21-8-7-13-12-26-18-4-2-1-3-16(13)18/h1-6,9-10,12H,7-8,11H2,(H,21,24). The Morgan fingerprint density at radius 1 is 1.27 bits per heavy atom. The number of furan rings is 1. The lowest BCUT2D eigenvalue weighted by Crippen LogP contribution is -2.25. The molecule has 0 aliphatic heterocycles. The molecule has 3 aromatic heterocycles. The van der Waals surface area contributed by atoms with E-state index in [1.54, 1.807) is 34.3 Å². The third-order valence-electron chi connectivity index (χ3n) is 4.05. The molecule has 0 aliphatic rings. The molecule has 7 heteroatoms. The van der Waals surface area contributed by atoms with Gasteiger partial charge >= 0.3 is 0 Å². The van der Waals surface area contributed by atoms with Crippen molar-refractivity contribution in [3.8, 4) is 0 Å². The van der Waals surface area contributed by atoms with Crippen LogP contribution in [0.15, 0.2) is 63.1 Å². The number of hydrogen-bond donors (Lipinski definition) is 1. The van der Waals surface area contributed by atoms with E-state index in [0.29, 0.717) is 24.6 Å². The summed E-state index contributed by atoms with van der Waals surface area (Å²) in [6.45, 7) is 1.06. The Morgan fingerprint density at radius 2 is 2.15 bits per heavy atom. The zero-order valence-electron chi connectivity index (χ0n) is 13.8. The number of carbonyl (C=O) groups excluding carboxylic acids is 1. The zero-order valence-corrected chi connectivity index (χ0v) is 16.2. The van der Waals surface area contributed by atoms with E-state index in [4.69, 9.17) is 4.42 Å². The van der Waals surface area contributed by atoms with Gasteiger partial charge in [0.25, 0.3) is 5.91 Å². The molecular weight excluding hydrogens is 414 g/mol. The SMILES string of the molecule is O=C(NCCc1csc2ccccc12)c1ccc(Cn2cc(Br)cn2)o1. The van der Waals surface area contributed by atoms with Crippen molar-refractivity contribution in [2.24, 2.45) is 0 Å². The summed E-state index contributed by atoms with van der Waals surface area (Å²) in [6, 6.07) is 11.8. The predicted octanol–water partition coefficient (Wildman–Crippen LogP) is 4.47. The summed E-state index contributed by atoms with van der Waals surface area (Å²) in [6.07, 6.45) is 4.36. The summed E-state index contributed by atoms with van der Waals surface area (Å²) in [5.41, 5.74) is 1.26. The van der Waals surface area contributed by atoms with Gasteiger partial charge in [-0.3, -0.25) is 9.48 Å². The third-order valence-corrected chi connectivity index (χ3v) is 5.47. The minimum absolute atomic E-state index is 0.197. The van der Waals surface area contributed by atoms with Gasteiger partial charge in [-0.2, -0.15) is 5.10 Å². The number of benzene rings is 1. The van der Waals surface area contributed by atoms with Crippen LogP contribution >= 0.6 is 27.3 Å². The van der Waals surface area contributed by atoms with E-state index in [1.165, 1.54) is 15.6 Å². The van der Waals surface area contributed by atoms with Gasteiger partial charge in [-0.25, -0.2) is 0 Å². The Hall–Kier alpha value is -2.38. The first-order valence-electron chi connectivity index (χ1n) is 8.19. The molecule has 0 saturated heterocycles. The third kappa shape index (κ3) is 3.73. The summed E-state index contributed by atoms with van der Waals surface area (Å²) in [5.74, 6) is 0.813. The molecule has 0 aliphatic carbocycles. The molecule has 4 rings (SSSR count). The molecule has 0 atom stereocenters. The quantitative estimate of drug-likeness (QED) is 0.491. The zero-order chi connectivity index (χ0) is 17.9. The molecule has 4 aromatic rings. The Labute approximate surface area is 162 Å². The van der Waals surface area contributed by atoms with Crippen molar-refractivity contribution in [1.82, 2.24) is 15.1 Å². The lowest BCUT2D eigenvalue weighted by atomic mass is 10.1. The summed E-state index contributed by atoms with van der Waals surface area (Å²) in [5, 5.41) is 10.5. The number of hydrogen-bond acceptors (Lipinski definition) is 4. The van der Waals surface area contributed by atoms with E-state index in [0.717, 1.165) is 10.9 Å². The van der Waals surface area contributed by atoms with Gasteiger partial charge < -0.3 is 9.73 Å². The van der Waals surface area contributed by atoms with Crippen molar-refractivity contribution in [2.75, 3.05) is 6.54 Å². The average Bonchev–Trinajstić information content (AvgIpc) is 3.36. The molecule has 132 valence electrons. The van der Waals surface area contributed by atoms with E-state index in [1.807, 2.05) is 18.3 Å². The summed E-state index contributed by atoms with van der Waals surface area (Å²) in [7, 11) is 0. The Morgan fingerprint density at radius 3 is 3.00 bits per heavy atom. The Kier molecular flexibility index (Phi) is 4.90. The van der Waals surface area contributed by atoms with E-state index in [9.17, 15) is 4.79 Å². The van der Waals surface area contributed by atoms with Gasteiger partial charge in [0.15, 0.2) is 5.76 Å². The molecule has 1 N–H and O–H groups in total. The average molecular weight is 430 g/mol. The minimum Gasteiger partial charge on any atom is -0.454 e. The molecule has 0 radical (unpaired) electrons. The van der Waals surface area contributed by atoms with Crippen LogP contribution in [0, 0.1) is 0 Å². The van der Waals surface area contributed by atoms with E-state index in [2.05, 4.69) is 43.9 Å². The first-order chi connectivity index (χ1) is 12.7. The second kappa shape index (κ2) is 7.47. The second-order valence-corrected chi connectivity index (χ2v) is 7.71. The molecule has 5 nitrogen and oxygen atoms in total. The fraction of sp³-hybridized carbons (Fsp3) is 0.158. The number of rotatable bonds is 6. The maximum atomic E-state index is 12.3. The molecule has 0 spiro atoms. The molecule has 0 saturated carbocycles. The number of halogens is 1. The Bertz CT molecular complexity index is 1050. The molecule has 1 amide bonds. The largest absolute Gasteiger partial charge is 0.454 e. The van der Waals surface area contributed by atoms with Gasteiger partial charge in [-0.05, 0) is 56.9 Å². The monoisotopic (exact) mass is 429 g/mol. The highest BCUT2D eigenvalue weighted by Crippen LogP contribution is 2.25. The van der Waals surface area contributed by atoms with Crippen LogP contribution < -0.4 is 5.32 Å². The molecule has 0 fully saturated rings. The normalized spacial score (nSPS) is 11.1. The highest BCUT2D eigenvalue weighted by molar-refractivity contribution is 9.10. The number of carbonyl (C=O) groups is 1. The van der Waals surface area contributed by atoms with Crippen molar-refractivity contribution in [3.63, 3.8) is 0 Å². The second-order valence-electron chi connectivity index (χ2n) is 5.89. The molecule has 26 heavy (non-hydrogen) atoms. The lowest BCUT2D eigenvalue weighted by molar-refractivity contribution is 0.0924. The van der Waals surface area contributed by atoms with Gasteiger partial charge in [-0.1, -0.05) is 18.2 Å². The van der Waals surface area contributed by atoms with Crippen LogP contribution in [0.1, 0.15) is 21.9 Å². The highest BCUT2D eigenvalue weighted by Gasteiger charge is 2.12. The van der Waals surface area contributed by atoms with E-state index < -0.39 is 0 Å². The van der Waals surface area contributed by atoms with Crippen LogP contribution in [0.2, 0.25) is 0 Å². The van der Waals surface area contributed by atoms with Crippen LogP contribution in [0.5, 0.6) is 0 Å². The summed E-state index contributed by atoms with van der Waals surface area (Å²) >= 11 is 5.09. The van der Waals surface area contributed by atoms with Crippen LogP contribution in [0.4, 0.5) is 0 Å². The van der Waals surface area contributed by atoms with E-state index in [-0.39, 0.29) is 5.91 Å². The van der Waals surface area contributed by atoms with Crippen LogP contribution in [-0.2, 0) is 13.0 Å². The topological polar surface area (TPSA) is 60.1 Å². The number of amides is 1. The number of fused-ring (bicyclic) bond motifs is 1. The fourth-order valence-corrected chi connectivity index (χ4v) is 4.12. The number of nitrogens with zero attached hydrogens (tertiary/aromatic N) is 2. The van der Waals surface area contributed by atoms with Gasteiger partial charge in [0.05, 0.1) is 17.2 Å². The summed E-state index contributed by atoms with van der Waals surface area (Å²) in [4.78, 5) is 12.3. The predicted molar refractivity (Wildman–Crippen MR) is 106 cm³/mol. The van der Waals surface area contributed by atoms with Crippen molar-refractivity contribution in [3.05, 3.63) is 75.7 Å². The fourth-order valence-electron chi connectivity index (χ4n) is 2.79. The van der Waals surface area contributed by atoms with Gasteiger partial charge in [-0.15, -0.1) is 11.3 Å². The Balaban J connectivity index is 1.33. The maximum absolute atomic E-state index is 12.3. The molecule has 1 aromatic carbocycles. The minimum atomic E-state index is -0.197. The number of nitrogens with one attached hydrogen (secondary N) is 1. The highest BCUT2D eigenvalue weighted by atomic mass is 79.9. The van der Waals surface area contributed by atoms with E-state index >= 15 is 0 Å². The maximum Gasteiger partial charge on any atom is 0.287 e. The van der Waals surface area contributed by atoms with Crippen molar-refractivity contribution >= 4 is 43.3 Å². The number of aromatic nitrogens is 2. The van der Waals surface area contributed by atoms with Crippen molar-refractivity contribution < 1.29 is 9.21 Å². The van der Waals surface area contributed by atoms with Crippen LogP contribution in [0.25, 0.3) is 10.1 Å². The first-order valence-corrected chi connectivity index (χ1v) is 9.86. The first kappa shape index (κ1) is 17.1. The van der Waals surface area contributed by atoms with Crippen LogP contribution in [-0.4, -0.2) is 22.2 Å². The van der Waals surface area contributed by atoms with Crippen LogP contribution in [0.3, 0.4) is 0 Å². The number of thiophene rings is 1. The molecular formula is C19H16BrN3O2S. The van der Waals surface area contributed by atoms with Gasteiger partial charge in [0.2, 0.25) is 0 Å².